The minimum Gasteiger partial charge on any atom is -0.370 e. The number of hydrogen-bond acceptors (Lipinski definition) is 4. The highest BCUT2D eigenvalue weighted by Gasteiger charge is 2.23. The van der Waals surface area contributed by atoms with Crippen LogP contribution in [0.4, 0.5) is 0 Å². The van der Waals surface area contributed by atoms with Crippen molar-refractivity contribution in [2.75, 3.05) is 18.8 Å². The van der Waals surface area contributed by atoms with Gasteiger partial charge in [0, 0.05) is 17.2 Å². The molecule has 2 amide bonds. The highest BCUT2D eigenvalue weighted by molar-refractivity contribution is 8.00. The van der Waals surface area contributed by atoms with E-state index < -0.39 is 11.4 Å². The van der Waals surface area contributed by atoms with Gasteiger partial charge >= 0.3 is 0 Å². The lowest BCUT2D eigenvalue weighted by Gasteiger charge is -2.26. The average Bonchev–Trinajstić information content (AvgIpc) is 2.25. The molecule has 5 nitrogen and oxygen atoms in total. The van der Waals surface area contributed by atoms with Gasteiger partial charge in [-0.15, -0.1) is 11.8 Å². The number of amides is 2. The van der Waals surface area contributed by atoms with Crippen LogP contribution in [0.3, 0.4) is 0 Å². The van der Waals surface area contributed by atoms with Gasteiger partial charge in [0.2, 0.25) is 11.8 Å². The Bertz CT molecular complexity index is 302. The van der Waals surface area contributed by atoms with Crippen LogP contribution in [0.25, 0.3) is 0 Å². The molecule has 6 heteroatoms. The fourth-order valence-electron chi connectivity index (χ4n) is 2.05. The first-order valence-corrected chi connectivity index (χ1v) is 7.35. The van der Waals surface area contributed by atoms with Crippen LogP contribution >= 0.6 is 11.8 Å². The Morgan fingerprint density at radius 2 is 2.00 bits per heavy atom. The van der Waals surface area contributed by atoms with Crippen molar-refractivity contribution in [2.45, 2.75) is 43.9 Å². The molecule has 0 aliphatic carbocycles. The Kier molecular flexibility index (Phi) is 5.95. The van der Waals surface area contributed by atoms with E-state index in [0.717, 1.165) is 25.9 Å². The molecule has 1 aliphatic heterocycles. The van der Waals surface area contributed by atoms with E-state index in [-0.39, 0.29) is 12.3 Å². The first-order chi connectivity index (χ1) is 8.39. The monoisotopic (exact) mass is 273 g/mol. The summed E-state index contributed by atoms with van der Waals surface area (Å²) >= 11 is 1.70. The maximum atomic E-state index is 11.8. The van der Waals surface area contributed by atoms with E-state index in [0.29, 0.717) is 11.0 Å². The van der Waals surface area contributed by atoms with Crippen LogP contribution in [-0.2, 0) is 9.59 Å². The summed E-state index contributed by atoms with van der Waals surface area (Å²) in [5.41, 5.74) is 4.58. The first kappa shape index (κ1) is 15.3. The normalized spacial score (nSPS) is 17.4. The van der Waals surface area contributed by atoms with E-state index in [1.807, 2.05) is 13.8 Å². The third kappa shape index (κ3) is 6.26. The zero-order valence-corrected chi connectivity index (χ0v) is 11.9. The lowest BCUT2D eigenvalue weighted by Crippen LogP contribution is -2.47. The predicted octanol–water partition coefficient (Wildman–Crippen LogP) is 0.242. The van der Waals surface area contributed by atoms with Gasteiger partial charge < -0.3 is 16.4 Å². The maximum absolute atomic E-state index is 11.8. The number of carbonyl (C=O) groups is 2. The molecule has 0 saturated carbocycles. The molecule has 1 rings (SSSR count). The number of primary amides is 1. The minimum atomic E-state index is -0.558. The fraction of sp³-hybridized carbons (Fsp3) is 0.833. The Morgan fingerprint density at radius 3 is 2.56 bits per heavy atom. The Morgan fingerprint density at radius 1 is 1.39 bits per heavy atom. The lowest BCUT2D eigenvalue weighted by atomic mass is 10.0. The van der Waals surface area contributed by atoms with Crippen molar-refractivity contribution in [3.8, 4) is 0 Å². The zero-order valence-electron chi connectivity index (χ0n) is 11.1. The summed E-state index contributed by atoms with van der Waals surface area (Å²) < 4.78 is 0. The second kappa shape index (κ2) is 6.99. The summed E-state index contributed by atoms with van der Waals surface area (Å²) in [6, 6.07) is 0. The summed E-state index contributed by atoms with van der Waals surface area (Å²) in [5, 5.41) is 6.71. The van der Waals surface area contributed by atoms with Gasteiger partial charge in [0.05, 0.1) is 5.75 Å². The fourth-order valence-corrected chi connectivity index (χ4v) is 3.08. The van der Waals surface area contributed by atoms with E-state index in [2.05, 4.69) is 10.6 Å². The van der Waals surface area contributed by atoms with Crippen LogP contribution < -0.4 is 16.4 Å². The number of rotatable bonds is 6. The average molecular weight is 273 g/mol. The largest absolute Gasteiger partial charge is 0.370 e. The van der Waals surface area contributed by atoms with Crippen molar-refractivity contribution in [3.05, 3.63) is 0 Å². The van der Waals surface area contributed by atoms with E-state index in [1.54, 1.807) is 11.8 Å². The lowest BCUT2D eigenvalue weighted by molar-refractivity contribution is -0.122. The van der Waals surface area contributed by atoms with E-state index in [9.17, 15) is 9.59 Å². The van der Waals surface area contributed by atoms with Gasteiger partial charge in [-0.1, -0.05) is 0 Å². The molecule has 1 saturated heterocycles. The van der Waals surface area contributed by atoms with Crippen LogP contribution in [-0.4, -0.2) is 41.4 Å². The number of nitrogens with two attached hydrogens (primary N) is 1. The van der Waals surface area contributed by atoms with E-state index in [4.69, 9.17) is 5.73 Å². The highest BCUT2D eigenvalue weighted by Crippen LogP contribution is 2.20. The van der Waals surface area contributed by atoms with Crippen molar-refractivity contribution in [2.24, 2.45) is 5.73 Å². The number of thioether (sulfide) groups is 1. The van der Waals surface area contributed by atoms with Crippen molar-refractivity contribution >= 4 is 23.6 Å². The Balaban J connectivity index is 2.25. The quantitative estimate of drug-likeness (QED) is 0.647. The second-order valence-electron chi connectivity index (χ2n) is 5.34. The van der Waals surface area contributed by atoms with Gasteiger partial charge in [-0.3, -0.25) is 9.59 Å². The van der Waals surface area contributed by atoms with Gasteiger partial charge in [0.25, 0.3) is 0 Å². The van der Waals surface area contributed by atoms with Gasteiger partial charge in [-0.05, 0) is 39.8 Å². The first-order valence-electron chi connectivity index (χ1n) is 6.31. The third-order valence-electron chi connectivity index (χ3n) is 2.83. The molecule has 1 fully saturated rings. The molecular weight excluding hydrogens is 250 g/mol. The van der Waals surface area contributed by atoms with E-state index >= 15 is 0 Å². The van der Waals surface area contributed by atoms with E-state index in [1.165, 1.54) is 0 Å². The molecule has 4 N–H and O–H groups in total. The number of nitrogens with one attached hydrogen (secondary N) is 2. The van der Waals surface area contributed by atoms with Crippen LogP contribution in [0.5, 0.6) is 0 Å². The van der Waals surface area contributed by atoms with Gasteiger partial charge in [-0.2, -0.15) is 0 Å². The predicted molar refractivity (Wildman–Crippen MR) is 74.4 cm³/mol. The SMILES string of the molecule is CC(C)(CC(N)=O)NC(=O)CSC1CCNCC1. The molecule has 1 aliphatic rings. The van der Waals surface area contributed by atoms with Crippen LogP contribution in [0.1, 0.15) is 33.1 Å². The molecule has 0 atom stereocenters. The summed E-state index contributed by atoms with van der Waals surface area (Å²) in [6.07, 6.45) is 2.39. The molecule has 0 bridgehead atoms. The molecule has 0 radical (unpaired) electrons. The standard InChI is InChI=1S/C12H23N3O2S/c1-12(2,7-10(13)16)15-11(17)8-18-9-3-5-14-6-4-9/h9,14H,3-8H2,1-2H3,(H2,13,16)(H,15,17). The molecule has 1 heterocycles. The van der Waals surface area contributed by atoms with Gasteiger partial charge in [0.1, 0.15) is 0 Å². The topological polar surface area (TPSA) is 84.2 Å². The zero-order chi connectivity index (χ0) is 13.6. The summed E-state index contributed by atoms with van der Waals surface area (Å²) in [4.78, 5) is 22.6. The smallest absolute Gasteiger partial charge is 0.230 e. The number of hydrogen-bond donors (Lipinski definition) is 3. The van der Waals surface area contributed by atoms with Gasteiger partial charge in [0.15, 0.2) is 0 Å². The van der Waals surface area contributed by atoms with Crippen molar-refractivity contribution in [1.82, 2.24) is 10.6 Å². The Hall–Kier alpha value is -0.750. The molecule has 0 aromatic rings. The summed E-state index contributed by atoms with van der Waals surface area (Å²) in [6.45, 7) is 5.69. The number of piperidine rings is 1. The van der Waals surface area contributed by atoms with Crippen LogP contribution in [0, 0.1) is 0 Å². The van der Waals surface area contributed by atoms with Crippen LogP contribution in [0.2, 0.25) is 0 Å². The van der Waals surface area contributed by atoms with Crippen molar-refractivity contribution in [3.63, 3.8) is 0 Å². The second-order valence-corrected chi connectivity index (χ2v) is 6.62. The maximum Gasteiger partial charge on any atom is 0.230 e. The van der Waals surface area contributed by atoms with Crippen molar-refractivity contribution < 1.29 is 9.59 Å². The molecule has 0 aromatic heterocycles. The molecule has 0 spiro atoms. The summed E-state index contributed by atoms with van der Waals surface area (Å²) in [7, 11) is 0. The van der Waals surface area contributed by atoms with Crippen LogP contribution in [0.15, 0.2) is 0 Å². The van der Waals surface area contributed by atoms with Crippen molar-refractivity contribution in [1.29, 1.82) is 0 Å². The highest BCUT2D eigenvalue weighted by atomic mass is 32.2. The summed E-state index contributed by atoms with van der Waals surface area (Å²) in [5.74, 6) is 0.0310. The van der Waals surface area contributed by atoms with Gasteiger partial charge in [-0.25, -0.2) is 0 Å². The molecule has 0 unspecified atom stereocenters. The third-order valence-corrected chi connectivity index (χ3v) is 4.20. The molecule has 18 heavy (non-hydrogen) atoms. The Labute approximate surface area is 113 Å². The molecule has 104 valence electrons. The number of carbonyl (C=O) groups excluding carboxylic acids is 2. The minimum absolute atomic E-state index is 0.0233. The molecule has 0 aromatic carbocycles. The molecular formula is C12H23N3O2S.